The molecule has 1 N–H and O–H groups in total. The number of hydrogen-bond donors (Lipinski definition) is 1. The normalized spacial score (nSPS) is 10.6. The van der Waals surface area contributed by atoms with Crippen LogP contribution in [0.2, 0.25) is 0 Å². The van der Waals surface area contributed by atoms with Crippen molar-refractivity contribution in [3.63, 3.8) is 0 Å². The molecule has 0 spiro atoms. The van der Waals surface area contributed by atoms with Gasteiger partial charge in [-0.25, -0.2) is 0 Å². The average molecular weight is 347 g/mol. The van der Waals surface area contributed by atoms with Gasteiger partial charge in [0, 0.05) is 12.2 Å². The van der Waals surface area contributed by atoms with Gasteiger partial charge in [0.2, 0.25) is 0 Å². The third-order valence-corrected chi connectivity index (χ3v) is 4.08. The number of hydrogen-bond acceptors (Lipinski definition) is 3. The number of nitrogens with one attached hydrogen (secondary N) is 1. The van der Waals surface area contributed by atoms with E-state index < -0.39 is 0 Å². The van der Waals surface area contributed by atoms with Crippen molar-refractivity contribution in [3.05, 3.63) is 84.4 Å². The molecule has 3 heteroatoms. The average Bonchev–Trinajstić information content (AvgIpc) is 2.68. The number of ether oxygens (including phenoxy) is 2. The summed E-state index contributed by atoms with van der Waals surface area (Å²) in [6.07, 6.45) is 0. The summed E-state index contributed by atoms with van der Waals surface area (Å²) >= 11 is 0. The second-order valence-corrected chi connectivity index (χ2v) is 6.44. The quantitative estimate of drug-likeness (QED) is 0.500. The van der Waals surface area contributed by atoms with Crippen LogP contribution in [-0.2, 0) is 0 Å². The Morgan fingerprint density at radius 1 is 0.731 bits per heavy atom. The second kappa shape index (κ2) is 8.95. The highest BCUT2D eigenvalue weighted by Crippen LogP contribution is 2.22. The molecule has 0 aromatic heterocycles. The molecule has 26 heavy (non-hydrogen) atoms. The van der Waals surface area contributed by atoms with E-state index in [1.807, 2.05) is 66.7 Å². The Bertz CT molecular complexity index is 781. The van der Waals surface area contributed by atoms with Crippen molar-refractivity contribution in [1.82, 2.24) is 0 Å². The summed E-state index contributed by atoms with van der Waals surface area (Å²) in [5.41, 5.74) is 2.37. The molecule has 3 nitrogen and oxygen atoms in total. The van der Waals surface area contributed by atoms with Crippen LogP contribution in [0.5, 0.6) is 17.2 Å². The maximum absolute atomic E-state index is 5.79. The molecule has 0 aliphatic heterocycles. The molecule has 0 aliphatic rings. The van der Waals surface area contributed by atoms with Crippen molar-refractivity contribution in [2.24, 2.45) is 0 Å². The Balaban J connectivity index is 1.42. The van der Waals surface area contributed by atoms with E-state index in [1.165, 1.54) is 5.56 Å². The maximum Gasteiger partial charge on any atom is 0.127 e. The zero-order valence-electron chi connectivity index (χ0n) is 15.3. The first-order valence-electron chi connectivity index (χ1n) is 9.00. The molecule has 3 aromatic carbocycles. The molecular formula is C23H25NO2. The summed E-state index contributed by atoms with van der Waals surface area (Å²) in [6.45, 7) is 5.74. The SMILES string of the molecule is CC(C)c1ccc(OCCNc2ccc(Oc3ccccc3)cc2)cc1. The molecule has 0 aliphatic carbocycles. The molecule has 0 saturated carbocycles. The lowest BCUT2D eigenvalue weighted by atomic mass is 10.0. The molecule has 3 aromatic rings. The smallest absolute Gasteiger partial charge is 0.127 e. The van der Waals surface area contributed by atoms with E-state index in [9.17, 15) is 0 Å². The molecule has 0 fully saturated rings. The summed E-state index contributed by atoms with van der Waals surface area (Å²) in [5, 5.41) is 3.36. The molecule has 3 rings (SSSR count). The lowest BCUT2D eigenvalue weighted by molar-refractivity contribution is 0.333. The number of benzene rings is 3. The largest absolute Gasteiger partial charge is 0.492 e. The van der Waals surface area contributed by atoms with Gasteiger partial charge in [-0.2, -0.15) is 0 Å². The summed E-state index contributed by atoms with van der Waals surface area (Å²) in [4.78, 5) is 0. The van der Waals surface area contributed by atoms with E-state index in [2.05, 4.69) is 31.3 Å². The maximum atomic E-state index is 5.79. The minimum atomic E-state index is 0.541. The van der Waals surface area contributed by atoms with Gasteiger partial charge in [-0.3, -0.25) is 0 Å². The van der Waals surface area contributed by atoms with Gasteiger partial charge in [0.1, 0.15) is 23.9 Å². The molecular weight excluding hydrogens is 322 g/mol. The van der Waals surface area contributed by atoms with Crippen LogP contribution in [-0.4, -0.2) is 13.2 Å². The van der Waals surface area contributed by atoms with Crippen molar-refractivity contribution >= 4 is 5.69 Å². The lowest BCUT2D eigenvalue weighted by Gasteiger charge is -2.11. The minimum absolute atomic E-state index is 0.541. The fraction of sp³-hybridized carbons (Fsp3) is 0.217. The highest BCUT2D eigenvalue weighted by molar-refractivity contribution is 5.47. The topological polar surface area (TPSA) is 30.5 Å². The summed E-state index contributed by atoms with van der Waals surface area (Å²) in [6, 6.07) is 26.0. The molecule has 0 radical (unpaired) electrons. The molecule has 0 bridgehead atoms. The van der Waals surface area contributed by atoms with Crippen molar-refractivity contribution in [3.8, 4) is 17.2 Å². The highest BCUT2D eigenvalue weighted by atomic mass is 16.5. The number of para-hydroxylation sites is 1. The zero-order valence-corrected chi connectivity index (χ0v) is 15.3. The van der Waals surface area contributed by atoms with E-state index in [0.717, 1.165) is 29.5 Å². The van der Waals surface area contributed by atoms with Crippen molar-refractivity contribution in [1.29, 1.82) is 0 Å². The van der Waals surface area contributed by atoms with Crippen molar-refractivity contribution < 1.29 is 9.47 Å². The number of anilines is 1. The molecule has 0 heterocycles. The fourth-order valence-electron chi connectivity index (χ4n) is 2.58. The van der Waals surface area contributed by atoms with Gasteiger partial charge in [0.05, 0.1) is 0 Å². The standard InChI is InChI=1S/C23H25NO2/c1-18(2)19-8-12-21(13-9-19)25-17-16-24-20-10-14-23(15-11-20)26-22-6-4-3-5-7-22/h3-15,18,24H,16-17H2,1-2H3. The van der Waals surface area contributed by atoms with Gasteiger partial charge in [0.25, 0.3) is 0 Å². The van der Waals surface area contributed by atoms with Gasteiger partial charge in [-0.1, -0.05) is 44.2 Å². The van der Waals surface area contributed by atoms with Gasteiger partial charge in [-0.15, -0.1) is 0 Å². The van der Waals surface area contributed by atoms with E-state index in [-0.39, 0.29) is 0 Å². The summed E-state index contributed by atoms with van der Waals surface area (Å²) in [5.74, 6) is 3.11. The van der Waals surface area contributed by atoms with Crippen LogP contribution in [0.15, 0.2) is 78.9 Å². The molecule has 0 amide bonds. The first-order chi connectivity index (χ1) is 12.7. The van der Waals surface area contributed by atoms with Crippen LogP contribution in [0.25, 0.3) is 0 Å². The van der Waals surface area contributed by atoms with Gasteiger partial charge in [0.15, 0.2) is 0 Å². The summed E-state index contributed by atoms with van der Waals surface area (Å²) < 4.78 is 11.6. The predicted octanol–water partition coefficient (Wildman–Crippen LogP) is 6.09. The van der Waals surface area contributed by atoms with Crippen molar-refractivity contribution in [2.75, 3.05) is 18.5 Å². The third-order valence-electron chi connectivity index (χ3n) is 4.08. The predicted molar refractivity (Wildman–Crippen MR) is 107 cm³/mol. The Labute approximate surface area is 155 Å². The first kappa shape index (κ1) is 17.9. The Morgan fingerprint density at radius 3 is 2.00 bits per heavy atom. The van der Waals surface area contributed by atoms with Crippen LogP contribution in [0.4, 0.5) is 5.69 Å². The molecule has 134 valence electrons. The van der Waals surface area contributed by atoms with E-state index in [1.54, 1.807) is 0 Å². The third kappa shape index (κ3) is 5.28. The second-order valence-electron chi connectivity index (χ2n) is 6.44. The summed E-state index contributed by atoms with van der Waals surface area (Å²) in [7, 11) is 0. The Kier molecular flexibility index (Phi) is 6.15. The zero-order chi connectivity index (χ0) is 18.2. The fourth-order valence-corrected chi connectivity index (χ4v) is 2.58. The first-order valence-corrected chi connectivity index (χ1v) is 9.00. The Morgan fingerprint density at radius 2 is 1.35 bits per heavy atom. The Hall–Kier alpha value is -2.94. The van der Waals surface area contributed by atoms with Crippen LogP contribution in [0.3, 0.4) is 0 Å². The molecule has 0 atom stereocenters. The van der Waals surface area contributed by atoms with Gasteiger partial charge in [-0.05, 0) is 60.0 Å². The van der Waals surface area contributed by atoms with Crippen LogP contribution in [0, 0.1) is 0 Å². The van der Waals surface area contributed by atoms with Crippen LogP contribution < -0.4 is 14.8 Å². The lowest BCUT2D eigenvalue weighted by Crippen LogP contribution is -2.11. The van der Waals surface area contributed by atoms with Gasteiger partial charge < -0.3 is 14.8 Å². The van der Waals surface area contributed by atoms with Crippen LogP contribution >= 0.6 is 0 Å². The van der Waals surface area contributed by atoms with Gasteiger partial charge >= 0.3 is 0 Å². The van der Waals surface area contributed by atoms with Crippen molar-refractivity contribution in [2.45, 2.75) is 19.8 Å². The minimum Gasteiger partial charge on any atom is -0.492 e. The van der Waals surface area contributed by atoms with E-state index in [0.29, 0.717) is 12.5 Å². The number of rotatable bonds is 8. The molecule has 0 saturated heterocycles. The van der Waals surface area contributed by atoms with E-state index in [4.69, 9.17) is 9.47 Å². The van der Waals surface area contributed by atoms with E-state index >= 15 is 0 Å². The molecule has 0 unspecified atom stereocenters. The van der Waals surface area contributed by atoms with Crippen LogP contribution in [0.1, 0.15) is 25.3 Å². The monoisotopic (exact) mass is 347 g/mol. The highest BCUT2D eigenvalue weighted by Gasteiger charge is 2.00.